The Balaban J connectivity index is 3.08. The van der Waals surface area contributed by atoms with E-state index in [0.717, 1.165) is 21.5 Å². The second-order valence-corrected chi connectivity index (χ2v) is 4.64. The standard InChI is InChI=1S/C11H16INO2/c1-7(13)4-8-5-10(14-2)11(15-3)6-9(8)12/h5-7H,4,13H2,1-3H3. The molecule has 1 rings (SSSR count). The maximum atomic E-state index is 5.78. The minimum absolute atomic E-state index is 0.150. The van der Waals surface area contributed by atoms with Crippen molar-refractivity contribution in [3.8, 4) is 11.5 Å². The summed E-state index contributed by atoms with van der Waals surface area (Å²) in [4.78, 5) is 0. The van der Waals surface area contributed by atoms with E-state index in [4.69, 9.17) is 15.2 Å². The SMILES string of the molecule is COc1cc(I)c(CC(C)N)cc1OC. The van der Waals surface area contributed by atoms with Crippen molar-refractivity contribution < 1.29 is 9.47 Å². The number of rotatable bonds is 4. The Bertz CT molecular complexity index is 340. The summed E-state index contributed by atoms with van der Waals surface area (Å²) in [5.41, 5.74) is 6.98. The summed E-state index contributed by atoms with van der Waals surface area (Å²) >= 11 is 2.28. The number of methoxy groups -OCH3 is 2. The van der Waals surface area contributed by atoms with E-state index in [1.54, 1.807) is 14.2 Å². The number of benzene rings is 1. The molecular formula is C11H16INO2. The first kappa shape index (κ1) is 12.6. The lowest BCUT2D eigenvalue weighted by Crippen LogP contribution is -2.18. The van der Waals surface area contributed by atoms with Crippen LogP contribution in [-0.4, -0.2) is 20.3 Å². The molecule has 0 saturated heterocycles. The molecule has 3 nitrogen and oxygen atoms in total. The van der Waals surface area contributed by atoms with Crippen molar-refractivity contribution in [2.75, 3.05) is 14.2 Å². The van der Waals surface area contributed by atoms with Gasteiger partial charge in [-0.25, -0.2) is 0 Å². The van der Waals surface area contributed by atoms with Crippen LogP contribution in [0.3, 0.4) is 0 Å². The minimum Gasteiger partial charge on any atom is -0.493 e. The summed E-state index contributed by atoms with van der Waals surface area (Å²) in [5, 5.41) is 0. The summed E-state index contributed by atoms with van der Waals surface area (Å²) < 4.78 is 11.6. The zero-order chi connectivity index (χ0) is 11.4. The third-order valence-electron chi connectivity index (χ3n) is 2.09. The van der Waals surface area contributed by atoms with Gasteiger partial charge < -0.3 is 15.2 Å². The molecule has 1 aromatic carbocycles. The second kappa shape index (κ2) is 5.55. The lowest BCUT2D eigenvalue weighted by atomic mass is 10.1. The summed E-state index contributed by atoms with van der Waals surface area (Å²) in [6.07, 6.45) is 0.846. The fourth-order valence-electron chi connectivity index (χ4n) is 1.40. The highest BCUT2D eigenvalue weighted by Gasteiger charge is 2.10. The normalized spacial score (nSPS) is 12.3. The average Bonchev–Trinajstić information content (AvgIpc) is 2.19. The van der Waals surface area contributed by atoms with E-state index in [1.807, 2.05) is 19.1 Å². The Hall–Kier alpha value is -0.490. The van der Waals surface area contributed by atoms with Crippen LogP contribution in [-0.2, 0) is 6.42 Å². The van der Waals surface area contributed by atoms with Gasteiger partial charge in [0.1, 0.15) is 0 Å². The zero-order valence-corrected chi connectivity index (χ0v) is 11.4. The first-order valence-electron chi connectivity index (χ1n) is 4.74. The van der Waals surface area contributed by atoms with E-state index in [2.05, 4.69) is 22.6 Å². The van der Waals surface area contributed by atoms with Crippen LogP contribution in [0.4, 0.5) is 0 Å². The Kier molecular flexibility index (Phi) is 4.66. The minimum atomic E-state index is 0.150. The molecule has 0 aliphatic rings. The lowest BCUT2D eigenvalue weighted by molar-refractivity contribution is 0.354. The monoisotopic (exact) mass is 321 g/mol. The molecule has 0 amide bonds. The van der Waals surface area contributed by atoms with Gasteiger partial charge in [0.2, 0.25) is 0 Å². The van der Waals surface area contributed by atoms with Gasteiger partial charge in [-0.15, -0.1) is 0 Å². The van der Waals surface area contributed by atoms with E-state index in [0.29, 0.717) is 0 Å². The Labute approximate surface area is 104 Å². The molecule has 0 saturated carbocycles. The highest BCUT2D eigenvalue weighted by atomic mass is 127. The highest BCUT2D eigenvalue weighted by molar-refractivity contribution is 14.1. The number of halogens is 1. The predicted octanol–water partition coefficient (Wildman–Crippen LogP) is 2.20. The molecule has 0 spiro atoms. The van der Waals surface area contributed by atoms with Gasteiger partial charge >= 0.3 is 0 Å². The zero-order valence-electron chi connectivity index (χ0n) is 9.21. The van der Waals surface area contributed by atoms with Crippen LogP contribution in [0.5, 0.6) is 11.5 Å². The third-order valence-corrected chi connectivity index (χ3v) is 3.10. The smallest absolute Gasteiger partial charge is 0.161 e. The molecule has 0 aromatic heterocycles. The molecule has 0 fully saturated rings. The number of hydrogen-bond donors (Lipinski definition) is 1. The molecule has 15 heavy (non-hydrogen) atoms. The van der Waals surface area contributed by atoms with Crippen LogP contribution < -0.4 is 15.2 Å². The molecular weight excluding hydrogens is 305 g/mol. The first-order valence-corrected chi connectivity index (χ1v) is 5.82. The van der Waals surface area contributed by atoms with E-state index < -0.39 is 0 Å². The van der Waals surface area contributed by atoms with Crippen molar-refractivity contribution in [2.45, 2.75) is 19.4 Å². The molecule has 84 valence electrons. The summed E-state index contributed by atoms with van der Waals surface area (Å²) in [7, 11) is 3.28. The van der Waals surface area contributed by atoms with Gasteiger partial charge in [0.05, 0.1) is 14.2 Å². The predicted molar refractivity (Wildman–Crippen MR) is 69.6 cm³/mol. The summed E-state index contributed by atoms with van der Waals surface area (Å²) in [6, 6.07) is 4.11. The van der Waals surface area contributed by atoms with E-state index in [9.17, 15) is 0 Å². The molecule has 4 heteroatoms. The van der Waals surface area contributed by atoms with Crippen molar-refractivity contribution in [3.05, 3.63) is 21.3 Å². The van der Waals surface area contributed by atoms with Crippen LogP contribution in [0.15, 0.2) is 12.1 Å². The number of ether oxygens (including phenoxy) is 2. The molecule has 0 aliphatic carbocycles. The van der Waals surface area contributed by atoms with Gasteiger partial charge in [0.25, 0.3) is 0 Å². The molecule has 1 unspecified atom stereocenters. The van der Waals surface area contributed by atoms with Crippen molar-refractivity contribution in [3.63, 3.8) is 0 Å². The lowest BCUT2D eigenvalue weighted by Gasteiger charge is -2.13. The highest BCUT2D eigenvalue weighted by Crippen LogP contribution is 2.31. The Morgan fingerprint density at radius 1 is 1.27 bits per heavy atom. The van der Waals surface area contributed by atoms with Crippen molar-refractivity contribution >= 4 is 22.6 Å². The molecule has 0 bridgehead atoms. The average molecular weight is 321 g/mol. The van der Waals surface area contributed by atoms with Gasteiger partial charge in [-0.2, -0.15) is 0 Å². The summed E-state index contributed by atoms with van der Waals surface area (Å²) in [5.74, 6) is 1.52. The number of hydrogen-bond acceptors (Lipinski definition) is 3. The van der Waals surface area contributed by atoms with Crippen LogP contribution in [0.2, 0.25) is 0 Å². The van der Waals surface area contributed by atoms with E-state index in [1.165, 1.54) is 5.56 Å². The van der Waals surface area contributed by atoms with Gasteiger partial charge in [0, 0.05) is 9.61 Å². The molecule has 2 N–H and O–H groups in total. The second-order valence-electron chi connectivity index (χ2n) is 3.48. The van der Waals surface area contributed by atoms with E-state index >= 15 is 0 Å². The molecule has 0 aliphatic heterocycles. The molecule has 1 aromatic rings. The maximum Gasteiger partial charge on any atom is 0.161 e. The quantitative estimate of drug-likeness (QED) is 0.865. The Morgan fingerprint density at radius 2 is 1.80 bits per heavy atom. The Morgan fingerprint density at radius 3 is 2.27 bits per heavy atom. The van der Waals surface area contributed by atoms with Crippen molar-refractivity contribution in [1.29, 1.82) is 0 Å². The molecule has 1 atom stereocenters. The van der Waals surface area contributed by atoms with Crippen molar-refractivity contribution in [1.82, 2.24) is 0 Å². The van der Waals surface area contributed by atoms with Crippen LogP contribution in [0, 0.1) is 3.57 Å². The van der Waals surface area contributed by atoms with E-state index in [-0.39, 0.29) is 6.04 Å². The van der Waals surface area contributed by atoms with Gasteiger partial charge in [-0.05, 0) is 53.6 Å². The third kappa shape index (κ3) is 3.24. The van der Waals surface area contributed by atoms with Gasteiger partial charge in [0.15, 0.2) is 11.5 Å². The summed E-state index contributed by atoms with van der Waals surface area (Å²) in [6.45, 7) is 1.99. The fraction of sp³-hybridized carbons (Fsp3) is 0.455. The van der Waals surface area contributed by atoms with Crippen LogP contribution >= 0.6 is 22.6 Å². The van der Waals surface area contributed by atoms with Crippen LogP contribution in [0.25, 0.3) is 0 Å². The first-order chi connectivity index (χ1) is 7.08. The van der Waals surface area contributed by atoms with Crippen molar-refractivity contribution in [2.24, 2.45) is 5.73 Å². The fourth-order valence-corrected chi connectivity index (χ4v) is 2.06. The van der Waals surface area contributed by atoms with Crippen LogP contribution in [0.1, 0.15) is 12.5 Å². The van der Waals surface area contributed by atoms with Gasteiger partial charge in [-0.3, -0.25) is 0 Å². The topological polar surface area (TPSA) is 44.5 Å². The largest absolute Gasteiger partial charge is 0.493 e. The molecule has 0 heterocycles. The molecule has 0 radical (unpaired) electrons. The number of nitrogens with two attached hydrogens (primary N) is 1. The van der Waals surface area contributed by atoms with Gasteiger partial charge in [-0.1, -0.05) is 0 Å². The maximum absolute atomic E-state index is 5.78.